The summed E-state index contributed by atoms with van der Waals surface area (Å²) < 4.78 is 11.5. The molecule has 1 heterocycles. The van der Waals surface area contributed by atoms with E-state index in [0.717, 1.165) is 50.1 Å². The van der Waals surface area contributed by atoms with Crippen LogP contribution in [0.3, 0.4) is 0 Å². The lowest BCUT2D eigenvalue weighted by Crippen LogP contribution is -2.39. The van der Waals surface area contributed by atoms with E-state index in [2.05, 4.69) is 16.7 Å². The van der Waals surface area contributed by atoms with E-state index in [-0.39, 0.29) is 12.0 Å². The van der Waals surface area contributed by atoms with Crippen molar-refractivity contribution in [3.05, 3.63) is 24.3 Å². The lowest BCUT2D eigenvalue weighted by atomic mass is 9.91. The average Bonchev–Trinajstić information content (AvgIpc) is 3.04. The van der Waals surface area contributed by atoms with Crippen LogP contribution in [0, 0.1) is 0 Å². The van der Waals surface area contributed by atoms with Gasteiger partial charge in [0, 0.05) is 25.4 Å². The summed E-state index contributed by atoms with van der Waals surface area (Å²) in [7, 11) is 0. The van der Waals surface area contributed by atoms with Crippen molar-refractivity contribution in [2.24, 2.45) is 0 Å². The van der Waals surface area contributed by atoms with Gasteiger partial charge in [-0.2, -0.15) is 0 Å². The molecule has 126 valence electrons. The minimum Gasteiger partial charge on any atom is -0.486 e. The maximum Gasteiger partial charge on any atom is 0.217 e. The van der Waals surface area contributed by atoms with Gasteiger partial charge in [-0.05, 0) is 37.8 Å². The fourth-order valence-corrected chi connectivity index (χ4v) is 3.36. The molecule has 1 atom stereocenters. The molecule has 0 spiro atoms. The normalized spacial score (nSPS) is 27.4. The summed E-state index contributed by atoms with van der Waals surface area (Å²) in [5, 5.41) is 6.64. The molecule has 2 fully saturated rings. The quantitative estimate of drug-likeness (QED) is 0.876. The van der Waals surface area contributed by atoms with Gasteiger partial charge in [0.2, 0.25) is 5.91 Å². The van der Waals surface area contributed by atoms with Crippen LogP contribution in [0.25, 0.3) is 0 Å². The first-order chi connectivity index (χ1) is 11.2. The first kappa shape index (κ1) is 16.1. The summed E-state index contributed by atoms with van der Waals surface area (Å²) in [5.74, 6) is 0.978. The van der Waals surface area contributed by atoms with Crippen molar-refractivity contribution in [2.75, 3.05) is 18.5 Å². The number of hydrogen-bond donors (Lipinski definition) is 2. The number of hydrogen-bond acceptors (Lipinski definition) is 4. The van der Waals surface area contributed by atoms with Crippen molar-refractivity contribution in [1.82, 2.24) is 5.32 Å². The Bertz CT molecular complexity index is 521. The third-order valence-corrected chi connectivity index (χ3v) is 4.56. The van der Waals surface area contributed by atoms with E-state index in [1.807, 2.05) is 18.2 Å². The Morgan fingerprint density at radius 1 is 1.13 bits per heavy atom. The second-order valence-corrected chi connectivity index (χ2v) is 6.49. The number of ether oxygens (including phenoxy) is 2. The van der Waals surface area contributed by atoms with Crippen LogP contribution in [0.5, 0.6) is 5.75 Å². The van der Waals surface area contributed by atoms with Crippen LogP contribution in [0.15, 0.2) is 24.3 Å². The molecular formula is C18H26N2O3. The Labute approximate surface area is 137 Å². The summed E-state index contributed by atoms with van der Waals surface area (Å²) in [6.07, 6.45) is 5.29. The number of benzene rings is 1. The second kappa shape index (κ2) is 7.68. The Hall–Kier alpha value is -1.75. The molecule has 23 heavy (non-hydrogen) atoms. The number of amides is 1. The summed E-state index contributed by atoms with van der Waals surface area (Å²) in [4.78, 5) is 11.1. The largest absolute Gasteiger partial charge is 0.486 e. The predicted octanol–water partition coefficient (Wildman–Crippen LogP) is 2.71. The number of nitrogens with one attached hydrogen (secondary N) is 2. The van der Waals surface area contributed by atoms with Gasteiger partial charge in [0.05, 0.1) is 18.9 Å². The third kappa shape index (κ3) is 4.61. The molecule has 5 nitrogen and oxygen atoms in total. The van der Waals surface area contributed by atoms with Gasteiger partial charge in [0.1, 0.15) is 11.9 Å². The molecule has 0 unspecified atom stereocenters. The van der Waals surface area contributed by atoms with Gasteiger partial charge in [-0.3, -0.25) is 4.79 Å². The van der Waals surface area contributed by atoms with E-state index < -0.39 is 0 Å². The van der Waals surface area contributed by atoms with Crippen molar-refractivity contribution >= 4 is 11.6 Å². The Morgan fingerprint density at radius 3 is 2.57 bits per heavy atom. The van der Waals surface area contributed by atoms with Gasteiger partial charge in [-0.15, -0.1) is 0 Å². The van der Waals surface area contributed by atoms with Crippen molar-refractivity contribution in [1.29, 1.82) is 0 Å². The van der Waals surface area contributed by atoms with Gasteiger partial charge in [0.25, 0.3) is 0 Å². The SMILES string of the molecule is CC(=O)NC1CCC(Nc2ccccc2O[C@H]2CCOC2)CC1. The molecule has 1 aliphatic carbocycles. The molecule has 1 aromatic carbocycles. The van der Waals surface area contributed by atoms with E-state index in [4.69, 9.17) is 9.47 Å². The fraction of sp³-hybridized carbons (Fsp3) is 0.611. The first-order valence-corrected chi connectivity index (χ1v) is 8.58. The van der Waals surface area contributed by atoms with E-state index in [9.17, 15) is 4.79 Å². The first-order valence-electron chi connectivity index (χ1n) is 8.58. The van der Waals surface area contributed by atoms with Gasteiger partial charge in [0.15, 0.2) is 0 Å². The molecule has 1 aliphatic heterocycles. The van der Waals surface area contributed by atoms with Gasteiger partial charge >= 0.3 is 0 Å². The summed E-state index contributed by atoms with van der Waals surface area (Å²) in [6.45, 7) is 3.05. The van der Waals surface area contributed by atoms with Crippen molar-refractivity contribution in [2.45, 2.75) is 57.2 Å². The summed E-state index contributed by atoms with van der Waals surface area (Å²) in [5.41, 5.74) is 1.06. The molecule has 2 N–H and O–H groups in total. The van der Waals surface area contributed by atoms with Crippen LogP contribution in [0.2, 0.25) is 0 Å². The van der Waals surface area contributed by atoms with E-state index in [0.29, 0.717) is 18.7 Å². The molecule has 0 radical (unpaired) electrons. The lowest BCUT2D eigenvalue weighted by Gasteiger charge is -2.30. The minimum atomic E-state index is 0.0685. The highest BCUT2D eigenvalue weighted by Crippen LogP contribution is 2.30. The van der Waals surface area contributed by atoms with Crippen molar-refractivity contribution in [3.63, 3.8) is 0 Å². The van der Waals surface area contributed by atoms with Crippen LogP contribution >= 0.6 is 0 Å². The molecule has 1 saturated carbocycles. The topological polar surface area (TPSA) is 59.6 Å². The maximum absolute atomic E-state index is 11.1. The van der Waals surface area contributed by atoms with E-state index in [1.54, 1.807) is 6.92 Å². The summed E-state index contributed by atoms with van der Waals surface area (Å²) in [6, 6.07) is 8.89. The minimum absolute atomic E-state index is 0.0685. The molecule has 3 rings (SSSR count). The average molecular weight is 318 g/mol. The number of anilines is 1. The van der Waals surface area contributed by atoms with E-state index in [1.165, 1.54) is 0 Å². The zero-order valence-corrected chi connectivity index (χ0v) is 13.7. The molecule has 0 aromatic heterocycles. The zero-order chi connectivity index (χ0) is 16.1. The zero-order valence-electron chi connectivity index (χ0n) is 13.7. The summed E-state index contributed by atoms with van der Waals surface area (Å²) >= 11 is 0. The molecule has 1 saturated heterocycles. The lowest BCUT2D eigenvalue weighted by molar-refractivity contribution is -0.119. The number of carbonyl (C=O) groups excluding carboxylic acids is 1. The molecule has 0 bridgehead atoms. The van der Waals surface area contributed by atoms with E-state index >= 15 is 0 Å². The Morgan fingerprint density at radius 2 is 1.87 bits per heavy atom. The van der Waals surface area contributed by atoms with Crippen molar-refractivity contribution < 1.29 is 14.3 Å². The van der Waals surface area contributed by atoms with Crippen LogP contribution in [-0.2, 0) is 9.53 Å². The number of carbonyl (C=O) groups is 1. The molecule has 2 aliphatic rings. The Kier molecular flexibility index (Phi) is 5.39. The van der Waals surface area contributed by atoms with Gasteiger partial charge in [-0.25, -0.2) is 0 Å². The highest BCUT2D eigenvalue weighted by molar-refractivity contribution is 5.73. The standard InChI is InChI=1S/C18H26N2O3/c1-13(21)19-14-6-8-15(9-7-14)20-17-4-2-3-5-18(17)23-16-10-11-22-12-16/h2-5,14-16,20H,6-12H2,1H3,(H,19,21)/t14?,15?,16-/m0/s1. The van der Waals surface area contributed by atoms with Crippen molar-refractivity contribution in [3.8, 4) is 5.75 Å². The van der Waals surface area contributed by atoms with Crippen LogP contribution < -0.4 is 15.4 Å². The van der Waals surface area contributed by atoms with Crippen LogP contribution in [0.4, 0.5) is 5.69 Å². The smallest absolute Gasteiger partial charge is 0.217 e. The van der Waals surface area contributed by atoms with Gasteiger partial charge < -0.3 is 20.1 Å². The molecule has 1 amide bonds. The highest BCUT2D eigenvalue weighted by atomic mass is 16.5. The second-order valence-electron chi connectivity index (χ2n) is 6.49. The molecular weight excluding hydrogens is 292 g/mol. The third-order valence-electron chi connectivity index (χ3n) is 4.56. The number of para-hydroxylation sites is 2. The van der Waals surface area contributed by atoms with Gasteiger partial charge in [-0.1, -0.05) is 12.1 Å². The van der Waals surface area contributed by atoms with Crippen LogP contribution in [0.1, 0.15) is 39.0 Å². The predicted molar refractivity (Wildman–Crippen MR) is 89.8 cm³/mol. The fourth-order valence-electron chi connectivity index (χ4n) is 3.36. The number of rotatable bonds is 5. The maximum atomic E-state index is 11.1. The monoisotopic (exact) mass is 318 g/mol. The molecule has 5 heteroatoms. The molecule has 1 aromatic rings. The highest BCUT2D eigenvalue weighted by Gasteiger charge is 2.23. The Balaban J connectivity index is 1.55. The van der Waals surface area contributed by atoms with Crippen LogP contribution in [-0.4, -0.2) is 37.3 Å².